The predicted molar refractivity (Wildman–Crippen MR) is 87.2 cm³/mol. The first-order chi connectivity index (χ1) is 9.64. The van der Waals surface area contributed by atoms with E-state index in [1.165, 1.54) is 0 Å². The molecule has 0 saturated carbocycles. The maximum atomic E-state index is 11.2. The van der Waals surface area contributed by atoms with Gasteiger partial charge in [-0.05, 0) is 48.5 Å². The van der Waals surface area contributed by atoms with Crippen LogP contribution < -0.4 is 11.1 Å². The summed E-state index contributed by atoms with van der Waals surface area (Å²) in [6.45, 7) is 14.6. The van der Waals surface area contributed by atoms with Crippen LogP contribution in [0.1, 0.15) is 63.7 Å². The SMILES string of the molecule is CC(C)(CO)NC(=O)OC(C)(C)C.CC(C)(N)CO.[2H]CC. The van der Waals surface area contributed by atoms with Crippen molar-refractivity contribution in [1.29, 1.82) is 0 Å². The van der Waals surface area contributed by atoms with Crippen molar-refractivity contribution in [2.45, 2.75) is 79.0 Å². The fraction of sp³-hybridized carbons (Fsp3) is 0.933. The van der Waals surface area contributed by atoms with E-state index in [9.17, 15) is 4.79 Å². The number of nitrogens with two attached hydrogens (primary N) is 1. The normalized spacial score (nSPS) is 12.0. The van der Waals surface area contributed by atoms with Crippen LogP contribution in [0, 0.1) is 0 Å². The molecular weight excluding hydrogens is 272 g/mol. The molecule has 0 aromatic rings. The number of nitrogens with one attached hydrogen (secondary N) is 1. The third-order valence-electron chi connectivity index (χ3n) is 1.64. The van der Waals surface area contributed by atoms with E-state index in [0.29, 0.717) is 6.90 Å². The average molecular weight is 309 g/mol. The van der Waals surface area contributed by atoms with Crippen LogP contribution in [0.5, 0.6) is 0 Å². The highest BCUT2D eigenvalue weighted by Gasteiger charge is 2.23. The van der Waals surface area contributed by atoms with Gasteiger partial charge in [0.1, 0.15) is 5.60 Å². The van der Waals surface area contributed by atoms with Crippen LogP contribution >= 0.6 is 0 Å². The van der Waals surface area contributed by atoms with Crippen molar-refractivity contribution in [3.05, 3.63) is 0 Å². The Morgan fingerprint density at radius 1 is 1.14 bits per heavy atom. The Labute approximate surface area is 131 Å². The second kappa shape index (κ2) is 10.8. The van der Waals surface area contributed by atoms with Gasteiger partial charge in [-0.3, -0.25) is 0 Å². The average Bonchev–Trinajstić information content (AvgIpc) is 2.26. The molecule has 6 heteroatoms. The van der Waals surface area contributed by atoms with Gasteiger partial charge in [0.15, 0.2) is 0 Å². The summed E-state index contributed by atoms with van der Waals surface area (Å²) in [6.07, 6.45) is -0.508. The molecule has 0 radical (unpaired) electrons. The Kier molecular flexibility index (Phi) is 11.6. The molecule has 0 aromatic carbocycles. The molecule has 0 aliphatic rings. The van der Waals surface area contributed by atoms with Crippen molar-refractivity contribution in [3.8, 4) is 0 Å². The predicted octanol–water partition coefficient (Wildman–Crippen LogP) is 2.02. The van der Waals surface area contributed by atoms with Crippen molar-refractivity contribution in [3.63, 3.8) is 0 Å². The number of aliphatic hydroxyl groups is 2. The lowest BCUT2D eigenvalue weighted by Gasteiger charge is -2.26. The van der Waals surface area contributed by atoms with Crippen LogP contribution in [0.25, 0.3) is 0 Å². The zero-order valence-corrected chi connectivity index (χ0v) is 14.9. The van der Waals surface area contributed by atoms with E-state index in [2.05, 4.69) is 5.32 Å². The van der Waals surface area contributed by atoms with E-state index in [1.807, 2.05) is 0 Å². The molecule has 1 amide bonds. The second-order valence-electron chi connectivity index (χ2n) is 6.82. The first-order valence-electron chi connectivity index (χ1n) is 7.65. The maximum Gasteiger partial charge on any atom is 0.408 e. The van der Waals surface area contributed by atoms with E-state index >= 15 is 0 Å². The Hall–Kier alpha value is -0.850. The molecule has 0 saturated heterocycles. The molecule has 0 fully saturated rings. The van der Waals surface area contributed by atoms with Crippen LogP contribution in [-0.4, -0.2) is 46.2 Å². The number of ether oxygens (including phenoxy) is 1. The zero-order chi connectivity index (χ0) is 18.6. The molecule has 0 unspecified atom stereocenters. The first-order valence-corrected chi connectivity index (χ1v) is 6.95. The van der Waals surface area contributed by atoms with Gasteiger partial charge in [-0.2, -0.15) is 0 Å². The summed E-state index contributed by atoms with van der Waals surface area (Å²) in [7, 11) is 0. The van der Waals surface area contributed by atoms with Gasteiger partial charge in [-0.15, -0.1) is 0 Å². The van der Waals surface area contributed by atoms with Gasteiger partial charge in [0, 0.05) is 6.91 Å². The molecule has 0 aliphatic carbocycles. The van der Waals surface area contributed by atoms with Crippen LogP contribution in [0.4, 0.5) is 4.79 Å². The molecule has 21 heavy (non-hydrogen) atoms. The zero-order valence-electron chi connectivity index (χ0n) is 15.9. The largest absolute Gasteiger partial charge is 0.444 e. The number of hydrogen-bond donors (Lipinski definition) is 4. The maximum absolute atomic E-state index is 11.2. The van der Waals surface area contributed by atoms with Gasteiger partial charge < -0.3 is 26.0 Å². The standard InChI is InChI=1S/C9H19NO3.C4H11NO.C2H6/c1-8(2,3)13-7(12)10-9(4,5)6-11;1-4(2,5)3-6;1-2/h11H,6H2,1-5H3,(H,10,12);6H,3,5H2,1-2H3;1-2H3/i;;1D. The molecule has 0 bridgehead atoms. The molecule has 0 aromatic heterocycles. The lowest BCUT2D eigenvalue weighted by molar-refractivity contribution is 0.0431. The molecule has 0 spiro atoms. The first kappa shape index (κ1) is 22.4. The third kappa shape index (κ3) is 24.5. The lowest BCUT2D eigenvalue weighted by atomic mass is 10.1. The number of carbonyl (C=O) groups is 1. The third-order valence-corrected chi connectivity index (χ3v) is 1.64. The van der Waals surface area contributed by atoms with Crippen LogP contribution in [-0.2, 0) is 4.74 Å². The summed E-state index contributed by atoms with van der Waals surface area (Å²) in [6, 6.07) is 0. The minimum absolute atomic E-state index is 0.0486. The number of hydrogen-bond acceptors (Lipinski definition) is 5. The van der Waals surface area contributed by atoms with Gasteiger partial charge in [0.2, 0.25) is 0 Å². The quantitative estimate of drug-likeness (QED) is 0.638. The van der Waals surface area contributed by atoms with Crippen molar-refractivity contribution < 1.29 is 21.1 Å². The lowest BCUT2D eigenvalue weighted by Crippen LogP contribution is -2.48. The smallest absolute Gasteiger partial charge is 0.408 e. The summed E-state index contributed by atoms with van der Waals surface area (Å²) in [4.78, 5) is 11.2. The fourth-order valence-electron chi connectivity index (χ4n) is 0.619. The number of carbonyl (C=O) groups excluding carboxylic acids is 1. The molecule has 5 N–H and O–H groups in total. The molecule has 0 aliphatic heterocycles. The number of rotatable bonds is 3. The number of alkyl carbamates (subject to hydrolysis) is 1. The summed E-state index contributed by atoms with van der Waals surface area (Å²) in [5.74, 6) is 0. The summed E-state index contributed by atoms with van der Waals surface area (Å²) < 4.78 is 11.2. The molecule has 0 heterocycles. The minimum atomic E-state index is -0.637. The monoisotopic (exact) mass is 309 g/mol. The van der Waals surface area contributed by atoms with E-state index in [1.54, 1.807) is 55.4 Å². The van der Waals surface area contributed by atoms with Gasteiger partial charge in [0.25, 0.3) is 0 Å². The van der Waals surface area contributed by atoms with Crippen molar-refractivity contribution in [2.24, 2.45) is 5.73 Å². The fourth-order valence-corrected chi connectivity index (χ4v) is 0.619. The van der Waals surface area contributed by atoms with Crippen molar-refractivity contribution in [2.75, 3.05) is 13.2 Å². The van der Waals surface area contributed by atoms with Gasteiger partial charge in [-0.25, -0.2) is 4.79 Å². The van der Waals surface area contributed by atoms with Crippen LogP contribution in [0.2, 0.25) is 0 Å². The molecule has 130 valence electrons. The number of amides is 1. The van der Waals surface area contributed by atoms with Crippen molar-refractivity contribution >= 4 is 6.09 Å². The highest BCUT2D eigenvalue weighted by molar-refractivity contribution is 5.68. The molecule has 0 atom stereocenters. The van der Waals surface area contributed by atoms with Gasteiger partial charge in [-0.1, -0.05) is 13.8 Å². The Balaban J connectivity index is -0.000000333. The van der Waals surface area contributed by atoms with Gasteiger partial charge >= 0.3 is 6.09 Å². The molecule has 6 nitrogen and oxygen atoms in total. The summed E-state index contributed by atoms with van der Waals surface area (Å²) in [5, 5.41) is 19.7. The van der Waals surface area contributed by atoms with Crippen molar-refractivity contribution in [1.82, 2.24) is 5.32 Å². The van der Waals surface area contributed by atoms with E-state index in [4.69, 9.17) is 22.1 Å². The van der Waals surface area contributed by atoms with Gasteiger partial charge in [0.05, 0.1) is 18.8 Å². The van der Waals surface area contributed by atoms with Crippen LogP contribution in [0.3, 0.4) is 0 Å². The molecular formula is C15H36N2O4. The highest BCUT2D eigenvalue weighted by Crippen LogP contribution is 2.08. The Morgan fingerprint density at radius 3 is 1.67 bits per heavy atom. The summed E-state index contributed by atoms with van der Waals surface area (Å²) in [5.41, 5.74) is 3.74. The van der Waals surface area contributed by atoms with E-state index in [-0.39, 0.29) is 13.2 Å². The highest BCUT2D eigenvalue weighted by atomic mass is 16.6. The molecule has 0 rings (SSSR count). The second-order valence-corrected chi connectivity index (χ2v) is 6.82. The van der Waals surface area contributed by atoms with Crippen LogP contribution in [0.15, 0.2) is 0 Å². The number of aliphatic hydroxyl groups excluding tert-OH is 2. The van der Waals surface area contributed by atoms with E-state index in [0.717, 1.165) is 0 Å². The topological polar surface area (TPSA) is 105 Å². The van der Waals surface area contributed by atoms with E-state index < -0.39 is 22.8 Å². The Morgan fingerprint density at radius 2 is 1.48 bits per heavy atom. The Bertz CT molecular complexity index is 284. The minimum Gasteiger partial charge on any atom is -0.444 e. The summed E-state index contributed by atoms with van der Waals surface area (Å²) >= 11 is 0.